The first kappa shape index (κ1) is 29.1. The Labute approximate surface area is 213 Å². The van der Waals surface area contributed by atoms with Gasteiger partial charge in [0.15, 0.2) is 0 Å². The van der Waals surface area contributed by atoms with Gasteiger partial charge in [-0.2, -0.15) is 0 Å². The molecule has 0 fully saturated rings. The number of hydrogen-bond donors (Lipinski definition) is 3. The molecule has 0 radical (unpaired) electrons. The van der Waals surface area contributed by atoms with Gasteiger partial charge in [0.05, 0.1) is 12.2 Å². The van der Waals surface area contributed by atoms with Gasteiger partial charge in [0, 0.05) is 30.1 Å². The lowest BCUT2D eigenvalue weighted by Gasteiger charge is -2.15. The van der Waals surface area contributed by atoms with Crippen LogP contribution in [0.1, 0.15) is 76.7 Å². The van der Waals surface area contributed by atoms with Gasteiger partial charge in [0.2, 0.25) is 0 Å². The normalized spacial score (nSPS) is 18.8. The molecular weight excluding hydrogens is 464 g/mol. The van der Waals surface area contributed by atoms with Crippen LogP contribution in [0.3, 0.4) is 0 Å². The minimum Gasteiger partial charge on any atom is -0.481 e. The minimum atomic E-state index is -0.784. The predicted molar refractivity (Wildman–Crippen MR) is 140 cm³/mol. The molecule has 2 rings (SSSR count). The summed E-state index contributed by atoms with van der Waals surface area (Å²) in [5.74, 6) is -0.116. The van der Waals surface area contributed by atoms with Crippen molar-refractivity contribution in [1.29, 1.82) is 0 Å². The first-order valence-electron chi connectivity index (χ1n) is 12.8. The Bertz CT molecular complexity index is 835. The summed E-state index contributed by atoms with van der Waals surface area (Å²) in [4.78, 5) is 23.6. The summed E-state index contributed by atoms with van der Waals surface area (Å²) < 4.78 is 5.59. The lowest BCUT2D eigenvalue weighted by molar-refractivity contribution is -0.140. The molecule has 0 aliphatic heterocycles. The van der Waals surface area contributed by atoms with E-state index in [1.165, 1.54) is 5.56 Å². The lowest BCUT2D eigenvalue weighted by atomic mass is 10.0. The monoisotopic (exact) mass is 504 g/mol. The number of ether oxygens (including phenoxy) is 1. The number of hydrogen-bond acceptors (Lipinski definition) is 6. The van der Waals surface area contributed by atoms with E-state index < -0.39 is 18.2 Å². The Kier molecular flexibility index (Phi) is 13.8. The van der Waals surface area contributed by atoms with Gasteiger partial charge in [0.25, 0.3) is 0 Å². The van der Waals surface area contributed by atoms with E-state index >= 15 is 0 Å². The van der Waals surface area contributed by atoms with Crippen LogP contribution in [0.25, 0.3) is 0 Å². The molecule has 0 aromatic heterocycles. The highest BCUT2D eigenvalue weighted by molar-refractivity contribution is 8.03. The number of aryl methyl sites for hydroxylation is 1. The van der Waals surface area contributed by atoms with Crippen molar-refractivity contribution >= 4 is 23.7 Å². The Hall–Kier alpha value is -2.09. The summed E-state index contributed by atoms with van der Waals surface area (Å²) in [6.45, 7) is 1.92. The number of esters is 1. The maximum absolute atomic E-state index is 12.1. The fraction of sp³-hybridized carbons (Fsp3) is 0.571. The molecule has 0 saturated carbocycles. The fourth-order valence-electron chi connectivity index (χ4n) is 4.06. The van der Waals surface area contributed by atoms with Gasteiger partial charge in [-0.3, -0.25) is 9.59 Å². The van der Waals surface area contributed by atoms with Crippen molar-refractivity contribution in [3.05, 3.63) is 58.7 Å². The van der Waals surface area contributed by atoms with E-state index in [0.29, 0.717) is 31.4 Å². The highest BCUT2D eigenvalue weighted by atomic mass is 32.2. The molecule has 0 bridgehead atoms. The number of thioether (sulfide) groups is 1. The molecule has 7 heteroatoms. The van der Waals surface area contributed by atoms with Crippen LogP contribution < -0.4 is 0 Å². The third kappa shape index (κ3) is 11.5. The van der Waals surface area contributed by atoms with Crippen molar-refractivity contribution in [2.75, 3.05) is 5.75 Å². The zero-order valence-electron chi connectivity index (χ0n) is 20.7. The number of rotatable bonds is 17. The number of aliphatic hydroxyl groups excluding tert-OH is 2. The van der Waals surface area contributed by atoms with Gasteiger partial charge >= 0.3 is 11.9 Å². The summed E-state index contributed by atoms with van der Waals surface area (Å²) >= 11 is 1.56. The van der Waals surface area contributed by atoms with Crippen LogP contribution in [0.4, 0.5) is 0 Å². The van der Waals surface area contributed by atoms with E-state index in [0.717, 1.165) is 42.8 Å². The van der Waals surface area contributed by atoms with Gasteiger partial charge in [0.1, 0.15) is 5.76 Å². The number of carbonyl (C=O) groups excluding carboxylic acids is 1. The molecule has 194 valence electrons. The SMILES string of the molecule is CCCC(=O)OC1=C(SCCCCCC(=O)O)[C@@H](C=C[C@H](O)CCCCc2ccccc2)[C@H](O)C1. The van der Waals surface area contributed by atoms with E-state index in [1.807, 2.05) is 31.2 Å². The van der Waals surface area contributed by atoms with Crippen LogP contribution >= 0.6 is 11.8 Å². The Balaban J connectivity index is 1.90. The van der Waals surface area contributed by atoms with Crippen LogP contribution in [-0.2, 0) is 20.7 Å². The first-order valence-corrected chi connectivity index (χ1v) is 13.8. The zero-order valence-corrected chi connectivity index (χ0v) is 21.5. The molecule has 0 heterocycles. The third-order valence-corrected chi connectivity index (χ3v) is 7.27. The first-order chi connectivity index (χ1) is 16.9. The van der Waals surface area contributed by atoms with Crippen molar-refractivity contribution in [1.82, 2.24) is 0 Å². The summed E-state index contributed by atoms with van der Waals surface area (Å²) in [5, 5.41) is 29.9. The topological polar surface area (TPSA) is 104 Å². The lowest BCUT2D eigenvalue weighted by Crippen LogP contribution is -2.14. The predicted octanol–water partition coefficient (Wildman–Crippen LogP) is 5.63. The van der Waals surface area contributed by atoms with Gasteiger partial charge < -0.3 is 20.1 Å². The number of carbonyl (C=O) groups is 2. The van der Waals surface area contributed by atoms with Gasteiger partial charge in [-0.1, -0.05) is 62.2 Å². The molecule has 6 nitrogen and oxygen atoms in total. The molecule has 1 aromatic carbocycles. The summed E-state index contributed by atoms with van der Waals surface area (Å²) in [6, 6.07) is 10.3. The van der Waals surface area contributed by atoms with Gasteiger partial charge in [-0.05, 0) is 49.8 Å². The van der Waals surface area contributed by atoms with Gasteiger partial charge in [-0.25, -0.2) is 0 Å². The molecule has 0 unspecified atom stereocenters. The summed E-state index contributed by atoms with van der Waals surface area (Å²) in [7, 11) is 0. The number of benzene rings is 1. The van der Waals surface area contributed by atoms with Crippen molar-refractivity contribution < 1.29 is 29.6 Å². The smallest absolute Gasteiger partial charge is 0.310 e. The van der Waals surface area contributed by atoms with E-state index in [4.69, 9.17) is 9.84 Å². The second-order valence-electron chi connectivity index (χ2n) is 9.05. The van der Waals surface area contributed by atoms with E-state index in [9.17, 15) is 19.8 Å². The molecule has 1 aromatic rings. The number of carboxylic acid groups (broad SMARTS) is 1. The molecule has 3 atom stereocenters. The third-order valence-electron chi connectivity index (χ3n) is 5.97. The van der Waals surface area contributed by atoms with E-state index in [1.54, 1.807) is 17.8 Å². The number of aliphatic hydroxyl groups is 2. The van der Waals surface area contributed by atoms with Gasteiger partial charge in [-0.15, -0.1) is 11.8 Å². The summed E-state index contributed by atoms with van der Waals surface area (Å²) in [5.41, 5.74) is 1.30. The highest BCUT2D eigenvalue weighted by Gasteiger charge is 2.34. The van der Waals surface area contributed by atoms with Crippen LogP contribution in [0, 0.1) is 5.92 Å². The maximum atomic E-state index is 12.1. The molecule has 1 aliphatic rings. The number of aliphatic carboxylic acids is 1. The second-order valence-corrected chi connectivity index (χ2v) is 10.2. The molecule has 0 saturated heterocycles. The van der Waals surface area contributed by atoms with Crippen molar-refractivity contribution in [2.45, 2.75) is 89.8 Å². The second kappa shape index (κ2) is 16.6. The summed E-state index contributed by atoms with van der Waals surface area (Å²) in [6.07, 6.45) is 9.61. The minimum absolute atomic E-state index is 0.167. The van der Waals surface area contributed by atoms with E-state index in [2.05, 4.69) is 12.1 Å². The van der Waals surface area contributed by atoms with Crippen LogP contribution in [0.2, 0.25) is 0 Å². The maximum Gasteiger partial charge on any atom is 0.310 e. The Morgan fingerprint density at radius 3 is 2.60 bits per heavy atom. The average molecular weight is 505 g/mol. The largest absolute Gasteiger partial charge is 0.481 e. The number of carboxylic acids is 1. The van der Waals surface area contributed by atoms with Crippen LogP contribution in [-0.4, -0.2) is 45.2 Å². The molecule has 0 spiro atoms. The Morgan fingerprint density at radius 1 is 1.11 bits per heavy atom. The average Bonchev–Trinajstić information content (AvgIpc) is 3.11. The van der Waals surface area contributed by atoms with Crippen LogP contribution in [0.5, 0.6) is 0 Å². The standard InChI is InChI=1S/C28H40O6S/c1-2-11-27(33)34-25-20-24(30)23(28(25)35-19-10-4-7-16-26(31)32)18-17-22(29)15-9-8-14-21-12-5-3-6-13-21/h3,5-6,12-13,17-18,22-24,29-30H,2,4,7-11,14-16,19-20H2,1H3,(H,31,32)/t22-,23+,24-/m1/s1. The Morgan fingerprint density at radius 2 is 1.89 bits per heavy atom. The zero-order chi connectivity index (χ0) is 25.5. The molecule has 35 heavy (non-hydrogen) atoms. The van der Waals surface area contributed by atoms with E-state index in [-0.39, 0.29) is 24.7 Å². The molecular formula is C28H40O6S. The van der Waals surface area contributed by atoms with Crippen LogP contribution in [0.15, 0.2) is 53.1 Å². The quantitative estimate of drug-likeness (QED) is 0.143. The number of unbranched alkanes of at least 4 members (excludes halogenated alkanes) is 3. The molecule has 1 aliphatic carbocycles. The van der Waals surface area contributed by atoms with Crippen molar-refractivity contribution in [3.8, 4) is 0 Å². The molecule has 0 amide bonds. The molecule has 3 N–H and O–H groups in total. The fourth-order valence-corrected chi connectivity index (χ4v) is 5.35. The van der Waals surface area contributed by atoms with Crippen molar-refractivity contribution in [3.63, 3.8) is 0 Å². The highest BCUT2D eigenvalue weighted by Crippen LogP contribution is 2.41. The van der Waals surface area contributed by atoms with Crippen molar-refractivity contribution in [2.24, 2.45) is 5.92 Å².